The van der Waals surface area contributed by atoms with Crippen LogP contribution < -0.4 is 11.5 Å². The van der Waals surface area contributed by atoms with Gasteiger partial charge in [0.15, 0.2) is 0 Å². The number of nitrogen functional groups attached to an aromatic ring is 1. The smallest absolute Gasteiger partial charge is 0.399 e. The molecular formula is C9H11F3N2. The minimum Gasteiger partial charge on any atom is -0.399 e. The Kier molecular flexibility index (Phi) is 2.71. The third-order valence-electron chi connectivity index (χ3n) is 1.83. The molecule has 0 unspecified atom stereocenters. The molecule has 0 amide bonds. The van der Waals surface area contributed by atoms with E-state index >= 15 is 0 Å². The summed E-state index contributed by atoms with van der Waals surface area (Å²) >= 11 is 0. The topological polar surface area (TPSA) is 52.0 Å². The van der Waals surface area contributed by atoms with Gasteiger partial charge in [-0.05, 0) is 30.2 Å². The van der Waals surface area contributed by atoms with E-state index in [1.807, 2.05) is 0 Å². The first-order chi connectivity index (χ1) is 6.30. The lowest BCUT2D eigenvalue weighted by Crippen LogP contribution is -2.28. The van der Waals surface area contributed by atoms with Crippen molar-refractivity contribution >= 4 is 5.69 Å². The van der Waals surface area contributed by atoms with Gasteiger partial charge in [0.05, 0.1) is 0 Å². The summed E-state index contributed by atoms with van der Waals surface area (Å²) in [5, 5.41) is 0. The summed E-state index contributed by atoms with van der Waals surface area (Å²) in [6, 6.07) is 2.25. The van der Waals surface area contributed by atoms with Crippen molar-refractivity contribution in [2.45, 2.75) is 19.1 Å². The number of hydrogen-bond acceptors (Lipinski definition) is 2. The summed E-state index contributed by atoms with van der Waals surface area (Å²) in [6.07, 6.45) is -4.43. The fourth-order valence-electron chi connectivity index (χ4n) is 1.21. The van der Waals surface area contributed by atoms with Crippen LogP contribution in [0.2, 0.25) is 0 Å². The molecule has 0 saturated heterocycles. The lowest BCUT2D eigenvalue weighted by atomic mass is 10.0. The Bertz CT molecular complexity index is 313. The van der Waals surface area contributed by atoms with Crippen molar-refractivity contribution in [3.63, 3.8) is 0 Å². The molecule has 0 aromatic heterocycles. The Morgan fingerprint density at radius 1 is 1.21 bits per heavy atom. The Balaban J connectivity index is 3.07. The van der Waals surface area contributed by atoms with Crippen molar-refractivity contribution < 1.29 is 13.2 Å². The molecule has 2 nitrogen and oxygen atoms in total. The number of rotatable bonds is 1. The van der Waals surface area contributed by atoms with Crippen LogP contribution in [0.3, 0.4) is 0 Å². The van der Waals surface area contributed by atoms with E-state index in [1.54, 1.807) is 13.0 Å². The number of nitrogens with two attached hydrogens (primary N) is 2. The van der Waals surface area contributed by atoms with Gasteiger partial charge in [-0.3, -0.25) is 0 Å². The SMILES string of the molecule is Cc1cc(N)cc([C@H](N)C(F)(F)F)c1. The van der Waals surface area contributed by atoms with Gasteiger partial charge in [0.1, 0.15) is 6.04 Å². The largest absolute Gasteiger partial charge is 0.407 e. The molecule has 0 bridgehead atoms. The standard InChI is InChI=1S/C9H11F3N2/c1-5-2-6(4-7(13)3-5)8(14)9(10,11)12/h2-4,8H,13-14H2,1H3/t8-/m0/s1. The highest BCUT2D eigenvalue weighted by Gasteiger charge is 2.37. The van der Waals surface area contributed by atoms with E-state index in [1.165, 1.54) is 12.1 Å². The third kappa shape index (κ3) is 2.38. The van der Waals surface area contributed by atoms with Crippen LogP contribution >= 0.6 is 0 Å². The maximum Gasteiger partial charge on any atom is 0.407 e. The van der Waals surface area contributed by atoms with Crippen LogP contribution in [-0.2, 0) is 0 Å². The van der Waals surface area contributed by atoms with Gasteiger partial charge < -0.3 is 11.5 Å². The van der Waals surface area contributed by atoms with Gasteiger partial charge >= 0.3 is 6.18 Å². The second-order valence-corrected chi connectivity index (χ2v) is 3.20. The molecule has 0 aliphatic rings. The predicted molar refractivity (Wildman–Crippen MR) is 48.6 cm³/mol. The van der Waals surface area contributed by atoms with Crippen molar-refractivity contribution in [2.24, 2.45) is 5.73 Å². The van der Waals surface area contributed by atoms with Gasteiger partial charge in [0.25, 0.3) is 0 Å². The van der Waals surface area contributed by atoms with Gasteiger partial charge in [-0.2, -0.15) is 13.2 Å². The van der Waals surface area contributed by atoms with E-state index in [9.17, 15) is 13.2 Å². The quantitative estimate of drug-likeness (QED) is 0.688. The zero-order valence-corrected chi connectivity index (χ0v) is 7.60. The lowest BCUT2D eigenvalue weighted by molar-refractivity contribution is -0.149. The van der Waals surface area contributed by atoms with Gasteiger partial charge in [0.2, 0.25) is 0 Å². The number of hydrogen-bond donors (Lipinski definition) is 2. The molecule has 0 radical (unpaired) electrons. The van der Waals surface area contributed by atoms with Crippen molar-refractivity contribution in [3.05, 3.63) is 29.3 Å². The highest BCUT2D eigenvalue weighted by Crippen LogP contribution is 2.31. The summed E-state index contributed by atoms with van der Waals surface area (Å²) in [6.45, 7) is 1.67. The minimum atomic E-state index is -4.43. The Morgan fingerprint density at radius 2 is 1.79 bits per heavy atom. The molecule has 4 N–H and O–H groups in total. The molecular weight excluding hydrogens is 193 g/mol. The zero-order valence-electron chi connectivity index (χ0n) is 7.60. The molecule has 1 aromatic rings. The van der Waals surface area contributed by atoms with Gasteiger partial charge in [0, 0.05) is 5.69 Å². The van der Waals surface area contributed by atoms with Crippen molar-refractivity contribution in [1.82, 2.24) is 0 Å². The first kappa shape index (κ1) is 10.8. The molecule has 1 aromatic carbocycles. The summed E-state index contributed by atoms with van der Waals surface area (Å²) in [5.41, 5.74) is 11.4. The van der Waals surface area contributed by atoms with Gasteiger partial charge in [-0.15, -0.1) is 0 Å². The minimum absolute atomic E-state index is 0.00463. The van der Waals surface area contributed by atoms with Crippen LogP contribution in [0.1, 0.15) is 17.2 Å². The number of alkyl halides is 3. The molecule has 1 rings (SSSR count). The molecule has 0 aliphatic heterocycles. The average molecular weight is 204 g/mol. The van der Waals surface area contributed by atoms with Crippen molar-refractivity contribution in [3.8, 4) is 0 Å². The third-order valence-corrected chi connectivity index (χ3v) is 1.83. The summed E-state index contributed by atoms with van der Waals surface area (Å²) in [4.78, 5) is 0. The Labute approximate surface area is 79.7 Å². The molecule has 0 fully saturated rings. The van der Waals surface area contributed by atoms with Crippen molar-refractivity contribution in [2.75, 3.05) is 5.73 Å². The Morgan fingerprint density at radius 3 is 2.21 bits per heavy atom. The fourth-order valence-corrected chi connectivity index (χ4v) is 1.21. The van der Waals surface area contributed by atoms with Crippen LogP contribution in [0.15, 0.2) is 18.2 Å². The molecule has 0 heterocycles. The maximum atomic E-state index is 12.2. The molecule has 0 aliphatic carbocycles. The summed E-state index contributed by atoms with van der Waals surface area (Å²) in [7, 11) is 0. The summed E-state index contributed by atoms with van der Waals surface area (Å²) in [5.74, 6) is 0. The normalized spacial score (nSPS) is 14.1. The molecule has 78 valence electrons. The summed E-state index contributed by atoms with van der Waals surface area (Å²) < 4.78 is 36.7. The fraction of sp³-hybridized carbons (Fsp3) is 0.333. The van der Waals surface area contributed by atoms with Crippen LogP contribution in [0.4, 0.5) is 18.9 Å². The highest BCUT2D eigenvalue weighted by molar-refractivity contribution is 5.45. The molecule has 1 atom stereocenters. The second kappa shape index (κ2) is 3.49. The predicted octanol–water partition coefficient (Wildman–Crippen LogP) is 2.14. The number of anilines is 1. The average Bonchev–Trinajstić information content (AvgIpc) is 1.99. The van der Waals surface area contributed by atoms with E-state index in [0.717, 1.165) is 0 Å². The second-order valence-electron chi connectivity index (χ2n) is 3.20. The lowest BCUT2D eigenvalue weighted by Gasteiger charge is -2.16. The Hall–Kier alpha value is -1.23. The van der Waals surface area contributed by atoms with Crippen LogP contribution in [-0.4, -0.2) is 6.18 Å². The van der Waals surface area contributed by atoms with E-state index in [0.29, 0.717) is 11.3 Å². The van der Waals surface area contributed by atoms with Crippen LogP contribution in [0.25, 0.3) is 0 Å². The first-order valence-corrected chi connectivity index (χ1v) is 4.00. The number of benzene rings is 1. The van der Waals surface area contributed by atoms with Crippen molar-refractivity contribution in [1.29, 1.82) is 0 Å². The van der Waals surface area contributed by atoms with E-state index in [-0.39, 0.29) is 5.56 Å². The number of halogens is 3. The van der Waals surface area contributed by atoms with E-state index < -0.39 is 12.2 Å². The first-order valence-electron chi connectivity index (χ1n) is 4.00. The van der Waals surface area contributed by atoms with Crippen LogP contribution in [0, 0.1) is 6.92 Å². The monoisotopic (exact) mass is 204 g/mol. The highest BCUT2D eigenvalue weighted by atomic mass is 19.4. The molecule has 0 saturated carbocycles. The van der Waals surface area contributed by atoms with E-state index in [2.05, 4.69) is 0 Å². The van der Waals surface area contributed by atoms with Gasteiger partial charge in [-0.25, -0.2) is 0 Å². The molecule has 5 heteroatoms. The number of aryl methyl sites for hydroxylation is 1. The zero-order chi connectivity index (χ0) is 10.9. The van der Waals surface area contributed by atoms with Gasteiger partial charge in [-0.1, -0.05) is 6.07 Å². The molecule has 14 heavy (non-hydrogen) atoms. The maximum absolute atomic E-state index is 12.2. The van der Waals surface area contributed by atoms with E-state index in [4.69, 9.17) is 11.5 Å². The molecule has 0 spiro atoms. The van der Waals surface area contributed by atoms with Crippen LogP contribution in [0.5, 0.6) is 0 Å².